The average Bonchev–Trinajstić information content (AvgIpc) is 3.21. The molecule has 0 aliphatic carbocycles. The number of hydrogen-bond donors (Lipinski definition) is 1. The summed E-state index contributed by atoms with van der Waals surface area (Å²) < 4.78 is 1.99. The molecule has 0 spiro atoms. The molecule has 1 amide bonds. The van der Waals surface area contributed by atoms with Gasteiger partial charge in [-0.15, -0.1) is 0 Å². The molecule has 0 saturated carbocycles. The molecule has 1 aromatic carbocycles. The van der Waals surface area contributed by atoms with Crippen molar-refractivity contribution < 1.29 is 4.79 Å². The van der Waals surface area contributed by atoms with Crippen LogP contribution in [0.1, 0.15) is 24.4 Å². The molecule has 0 bridgehead atoms. The van der Waals surface area contributed by atoms with Crippen molar-refractivity contribution in [2.75, 3.05) is 19.6 Å². The summed E-state index contributed by atoms with van der Waals surface area (Å²) in [5.41, 5.74) is 1.12. The third-order valence-corrected chi connectivity index (χ3v) is 4.06. The maximum Gasteiger partial charge on any atom is 0.234 e. The average molecular weight is 298 g/mol. The number of imidazole rings is 1. The van der Waals surface area contributed by atoms with Crippen LogP contribution in [-0.4, -0.2) is 40.0 Å². The van der Waals surface area contributed by atoms with Crippen molar-refractivity contribution >= 4 is 5.91 Å². The molecule has 0 radical (unpaired) electrons. The van der Waals surface area contributed by atoms with Gasteiger partial charge in [0.1, 0.15) is 0 Å². The number of amides is 1. The highest BCUT2D eigenvalue weighted by molar-refractivity contribution is 5.78. The maximum atomic E-state index is 12.3. The first-order chi connectivity index (χ1) is 10.8. The van der Waals surface area contributed by atoms with Gasteiger partial charge >= 0.3 is 0 Å². The van der Waals surface area contributed by atoms with Crippen LogP contribution in [0.5, 0.6) is 0 Å². The molecule has 1 aliphatic rings. The number of likely N-dealkylation sites (tertiary alicyclic amines) is 1. The van der Waals surface area contributed by atoms with Crippen LogP contribution in [0, 0.1) is 0 Å². The summed E-state index contributed by atoms with van der Waals surface area (Å²) in [4.78, 5) is 18.6. The van der Waals surface area contributed by atoms with E-state index in [4.69, 9.17) is 0 Å². The van der Waals surface area contributed by atoms with Gasteiger partial charge in [-0.1, -0.05) is 30.3 Å². The summed E-state index contributed by atoms with van der Waals surface area (Å²) in [6.45, 7) is 3.25. The minimum absolute atomic E-state index is 0.0366. The van der Waals surface area contributed by atoms with E-state index in [1.54, 1.807) is 12.5 Å². The van der Waals surface area contributed by atoms with E-state index in [9.17, 15) is 4.79 Å². The molecule has 1 fully saturated rings. The standard InChI is InChI=1S/C17H22N4O/c22-17(13-20-9-4-5-10-20)19-16(12-21-11-8-18-14-21)15-6-2-1-3-7-15/h1-3,6-8,11,14,16H,4-5,9-10,12-13H2,(H,19,22). The molecular formula is C17H22N4O. The fourth-order valence-corrected chi connectivity index (χ4v) is 2.91. The van der Waals surface area contributed by atoms with Crippen molar-refractivity contribution in [3.05, 3.63) is 54.6 Å². The van der Waals surface area contributed by atoms with Crippen LogP contribution in [0.25, 0.3) is 0 Å². The van der Waals surface area contributed by atoms with Gasteiger partial charge in [-0.05, 0) is 31.5 Å². The Labute approximate surface area is 131 Å². The number of nitrogens with zero attached hydrogens (tertiary/aromatic N) is 3. The lowest BCUT2D eigenvalue weighted by Gasteiger charge is -2.22. The van der Waals surface area contributed by atoms with Gasteiger partial charge in [-0.2, -0.15) is 0 Å². The Hall–Kier alpha value is -2.14. The molecule has 5 heteroatoms. The van der Waals surface area contributed by atoms with E-state index in [-0.39, 0.29) is 11.9 Å². The van der Waals surface area contributed by atoms with Gasteiger partial charge < -0.3 is 9.88 Å². The lowest BCUT2D eigenvalue weighted by atomic mass is 10.1. The van der Waals surface area contributed by atoms with Crippen LogP contribution in [0.4, 0.5) is 0 Å². The van der Waals surface area contributed by atoms with Crippen LogP contribution in [0.15, 0.2) is 49.1 Å². The highest BCUT2D eigenvalue weighted by Crippen LogP contribution is 2.15. The number of carbonyl (C=O) groups excluding carboxylic acids is 1. The topological polar surface area (TPSA) is 50.2 Å². The summed E-state index contributed by atoms with van der Waals surface area (Å²) in [5.74, 6) is 0.0934. The molecule has 22 heavy (non-hydrogen) atoms. The van der Waals surface area contributed by atoms with Gasteiger partial charge in [0.05, 0.1) is 18.9 Å². The zero-order valence-electron chi connectivity index (χ0n) is 12.7. The predicted molar refractivity (Wildman–Crippen MR) is 85.2 cm³/mol. The largest absolute Gasteiger partial charge is 0.346 e. The van der Waals surface area contributed by atoms with E-state index in [1.807, 2.05) is 29.0 Å². The highest BCUT2D eigenvalue weighted by atomic mass is 16.2. The Balaban J connectivity index is 1.66. The van der Waals surface area contributed by atoms with Gasteiger partial charge in [-0.25, -0.2) is 4.98 Å². The van der Waals surface area contributed by atoms with E-state index < -0.39 is 0 Å². The van der Waals surface area contributed by atoms with Crippen LogP contribution >= 0.6 is 0 Å². The van der Waals surface area contributed by atoms with Crippen molar-refractivity contribution in [3.63, 3.8) is 0 Å². The second kappa shape index (κ2) is 7.22. The Morgan fingerprint density at radius 3 is 2.68 bits per heavy atom. The number of aromatic nitrogens is 2. The quantitative estimate of drug-likeness (QED) is 0.885. The minimum atomic E-state index is -0.0366. The Morgan fingerprint density at radius 1 is 1.23 bits per heavy atom. The van der Waals surface area contributed by atoms with E-state index in [0.717, 1.165) is 18.7 Å². The summed E-state index contributed by atoms with van der Waals surface area (Å²) >= 11 is 0. The second-order valence-corrected chi connectivity index (χ2v) is 5.77. The normalized spacial score (nSPS) is 16.5. The van der Waals surface area contributed by atoms with E-state index in [2.05, 4.69) is 27.3 Å². The molecule has 116 valence electrons. The summed E-state index contributed by atoms with van der Waals surface area (Å²) in [6, 6.07) is 10.1. The first-order valence-corrected chi connectivity index (χ1v) is 7.83. The first-order valence-electron chi connectivity index (χ1n) is 7.83. The molecule has 2 aromatic rings. The van der Waals surface area contributed by atoms with Crippen LogP contribution in [0.2, 0.25) is 0 Å². The summed E-state index contributed by atoms with van der Waals surface area (Å²) in [7, 11) is 0. The fraction of sp³-hybridized carbons (Fsp3) is 0.412. The smallest absolute Gasteiger partial charge is 0.234 e. The zero-order valence-corrected chi connectivity index (χ0v) is 12.7. The van der Waals surface area contributed by atoms with Gasteiger partial charge in [-0.3, -0.25) is 9.69 Å². The van der Waals surface area contributed by atoms with Gasteiger partial charge in [0, 0.05) is 18.9 Å². The maximum absolute atomic E-state index is 12.3. The number of rotatable bonds is 6. The molecule has 1 atom stereocenters. The zero-order chi connectivity index (χ0) is 15.2. The number of benzene rings is 1. The predicted octanol–water partition coefficient (Wildman–Crippen LogP) is 1.84. The Bertz CT molecular complexity index is 576. The minimum Gasteiger partial charge on any atom is -0.346 e. The van der Waals surface area contributed by atoms with Crippen LogP contribution in [0.3, 0.4) is 0 Å². The lowest BCUT2D eigenvalue weighted by molar-refractivity contribution is -0.122. The van der Waals surface area contributed by atoms with E-state index in [0.29, 0.717) is 13.1 Å². The van der Waals surface area contributed by atoms with Crippen molar-refractivity contribution in [2.24, 2.45) is 0 Å². The van der Waals surface area contributed by atoms with Crippen molar-refractivity contribution in [3.8, 4) is 0 Å². The van der Waals surface area contributed by atoms with E-state index >= 15 is 0 Å². The molecule has 1 unspecified atom stereocenters. The van der Waals surface area contributed by atoms with Crippen molar-refractivity contribution in [1.82, 2.24) is 19.8 Å². The molecule has 1 aromatic heterocycles. The molecular weight excluding hydrogens is 276 g/mol. The third-order valence-electron chi connectivity index (χ3n) is 4.06. The van der Waals surface area contributed by atoms with Crippen LogP contribution < -0.4 is 5.32 Å². The molecule has 1 N–H and O–H groups in total. The molecule has 2 heterocycles. The first kappa shape index (κ1) is 14.8. The molecule has 5 nitrogen and oxygen atoms in total. The second-order valence-electron chi connectivity index (χ2n) is 5.77. The van der Waals surface area contributed by atoms with Gasteiger partial charge in [0.2, 0.25) is 5.91 Å². The summed E-state index contributed by atoms with van der Waals surface area (Å²) in [6.07, 6.45) is 7.86. The summed E-state index contributed by atoms with van der Waals surface area (Å²) in [5, 5.41) is 3.17. The number of hydrogen-bond acceptors (Lipinski definition) is 3. The molecule has 1 aliphatic heterocycles. The molecule has 3 rings (SSSR count). The Morgan fingerprint density at radius 2 is 2.00 bits per heavy atom. The third kappa shape index (κ3) is 3.95. The molecule has 1 saturated heterocycles. The van der Waals surface area contributed by atoms with Crippen molar-refractivity contribution in [2.45, 2.75) is 25.4 Å². The SMILES string of the molecule is O=C(CN1CCCC1)NC(Cn1ccnc1)c1ccccc1. The van der Waals surface area contributed by atoms with Crippen molar-refractivity contribution in [1.29, 1.82) is 0 Å². The monoisotopic (exact) mass is 298 g/mol. The Kier molecular flexibility index (Phi) is 4.85. The fourth-order valence-electron chi connectivity index (χ4n) is 2.91. The highest BCUT2D eigenvalue weighted by Gasteiger charge is 2.19. The number of nitrogens with one attached hydrogen (secondary N) is 1. The van der Waals surface area contributed by atoms with Gasteiger partial charge in [0.25, 0.3) is 0 Å². The lowest BCUT2D eigenvalue weighted by Crippen LogP contribution is -2.38. The van der Waals surface area contributed by atoms with Crippen LogP contribution in [-0.2, 0) is 11.3 Å². The van der Waals surface area contributed by atoms with Gasteiger partial charge in [0.15, 0.2) is 0 Å². The van der Waals surface area contributed by atoms with E-state index in [1.165, 1.54) is 12.8 Å². The number of carbonyl (C=O) groups is 1.